The van der Waals surface area contributed by atoms with Crippen molar-refractivity contribution >= 4 is 5.97 Å². The van der Waals surface area contributed by atoms with E-state index in [0.29, 0.717) is 5.75 Å². The average Bonchev–Trinajstić information content (AvgIpc) is 2.49. The smallest absolute Gasteiger partial charge is 0.309 e. The molecule has 0 radical (unpaired) electrons. The van der Waals surface area contributed by atoms with E-state index in [1.54, 1.807) is 6.07 Å². The summed E-state index contributed by atoms with van der Waals surface area (Å²) in [5.74, 6) is -0.134. The van der Waals surface area contributed by atoms with Gasteiger partial charge >= 0.3 is 5.97 Å². The molecule has 110 valence electrons. The maximum atomic E-state index is 13.2. The fourth-order valence-corrected chi connectivity index (χ4v) is 1.98. The molecule has 0 aromatic heterocycles. The normalized spacial score (nSPS) is 10.2. The number of ether oxygens (including phenoxy) is 2. The van der Waals surface area contributed by atoms with Crippen LogP contribution in [0.5, 0.6) is 5.75 Å². The van der Waals surface area contributed by atoms with Gasteiger partial charge in [0.05, 0.1) is 13.5 Å². The van der Waals surface area contributed by atoms with Crippen molar-refractivity contribution in [3.8, 4) is 5.75 Å². The number of aryl methyl sites for hydroxylation is 1. The molecular weight excluding hydrogens is 271 g/mol. The van der Waals surface area contributed by atoms with Crippen molar-refractivity contribution in [3.63, 3.8) is 0 Å². The molecule has 0 aliphatic heterocycles. The third-order valence-corrected chi connectivity index (χ3v) is 3.21. The van der Waals surface area contributed by atoms with Crippen LogP contribution in [0.15, 0.2) is 42.5 Å². The summed E-state index contributed by atoms with van der Waals surface area (Å²) >= 11 is 0. The second-order valence-corrected chi connectivity index (χ2v) is 4.72. The van der Waals surface area contributed by atoms with Crippen molar-refractivity contribution in [2.45, 2.75) is 20.0 Å². The molecule has 2 aromatic carbocycles. The summed E-state index contributed by atoms with van der Waals surface area (Å²) in [6, 6.07) is 11.9. The molecule has 0 aliphatic carbocycles. The molecule has 0 saturated carbocycles. The first-order valence-corrected chi connectivity index (χ1v) is 6.62. The van der Waals surface area contributed by atoms with E-state index in [0.717, 1.165) is 16.7 Å². The van der Waals surface area contributed by atoms with Crippen molar-refractivity contribution in [2.75, 3.05) is 7.11 Å². The van der Waals surface area contributed by atoms with Crippen LogP contribution in [-0.2, 0) is 22.6 Å². The number of hydrogen-bond acceptors (Lipinski definition) is 3. The lowest BCUT2D eigenvalue weighted by molar-refractivity contribution is -0.139. The maximum Gasteiger partial charge on any atom is 0.309 e. The van der Waals surface area contributed by atoms with Gasteiger partial charge in [-0.2, -0.15) is 0 Å². The zero-order valence-electron chi connectivity index (χ0n) is 12.1. The van der Waals surface area contributed by atoms with Crippen LogP contribution in [0.2, 0.25) is 0 Å². The van der Waals surface area contributed by atoms with Crippen LogP contribution in [0.25, 0.3) is 0 Å². The van der Waals surface area contributed by atoms with Crippen LogP contribution in [0.3, 0.4) is 0 Å². The molecular formula is C17H17FO3. The second kappa shape index (κ2) is 6.88. The zero-order valence-corrected chi connectivity index (χ0v) is 12.1. The van der Waals surface area contributed by atoms with Crippen molar-refractivity contribution < 1.29 is 18.7 Å². The topological polar surface area (TPSA) is 35.5 Å². The van der Waals surface area contributed by atoms with Gasteiger partial charge in [-0.15, -0.1) is 0 Å². The third kappa shape index (κ3) is 4.05. The van der Waals surface area contributed by atoms with E-state index in [1.807, 2.05) is 31.2 Å². The number of carbonyl (C=O) groups excluding carboxylic acids is 1. The minimum absolute atomic E-state index is 0.193. The largest absolute Gasteiger partial charge is 0.489 e. The highest BCUT2D eigenvalue weighted by Gasteiger charge is 2.09. The monoisotopic (exact) mass is 288 g/mol. The molecule has 0 fully saturated rings. The van der Waals surface area contributed by atoms with Crippen LogP contribution < -0.4 is 4.74 Å². The Morgan fingerprint density at radius 2 is 1.86 bits per heavy atom. The van der Waals surface area contributed by atoms with Crippen LogP contribution in [-0.4, -0.2) is 13.1 Å². The van der Waals surface area contributed by atoms with Crippen LogP contribution in [0, 0.1) is 12.7 Å². The van der Waals surface area contributed by atoms with Gasteiger partial charge < -0.3 is 9.47 Å². The summed E-state index contributed by atoms with van der Waals surface area (Å²) in [4.78, 5) is 11.4. The lowest BCUT2D eigenvalue weighted by Gasteiger charge is -2.12. The van der Waals surface area contributed by atoms with Crippen molar-refractivity contribution in [3.05, 3.63) is 65.0 Å². The van der Waals surface area contributed by atoms with Crippen LogP contribution in [0.1, 0.15) is 16.7 Å². The molecule has 0 spiro atoms. The van der Waals surface area contributed by atoms with Gasteiger partial charge in [-0.1, -0.05) is 30.3 Å². The number of benzene rings is 2. The van der Waals surface area contributed by atoms with E-state index in [-0.39, 0.29) is 24.8 Å². The fraction of sp³-hybridized carbons (Fsp3) is 0.235. The van der Waals surface area contributed by atoms with Gasteiger partial charge in [0.25, 0.3) is 0 Å². The molecule has 0 aliphatic rings. The Labute approximate surface area is 123 Å². The quantitative estimate of drug-likeness (QED) is 0.791. The number of halogens is 1. The molecule has 0 N–H and O–H groups in total. The fourth-order valence-electron chi connectivity index (χ4n) is 1.98. The molecule has 3 nitrogen and oxygen atoms in total. The number of carbonyl (C=O) groups is 1. The Bertz CT molecular complexity index is 638. The predicted molar refractivity (Wildman–Crippen MR) is 77.6 cm³/mol. The van der Waals surface area contributed by atoms with Gasteiger partial charge in [0, 0.05) is 6.07 Å². The Hall–Kier alpha value is -2.36. The molecule has 0 atom stereocenters. The molecule has 0 amide bonds. The first kappa shape index (κ1) is 15.0. The number of methoxy groups -OCH3 is 1. The summed E-state index contributed by atoms with van der Waals surface area (Å²) in [6.45, 7) is 2.13. The Kier molecular flexibility index (Phi) is 4.93. The van der Waals surface area contributed by atoms with E-state index in [4.69, 9.17) is 4.74 Å². The lowest BCUT2D eigenvalue weighted by Crippen LogP contribution is -2.08. The maximum absolute atomic E-state index is 13.2. The molecule has 0 heterocycles. The van der Waals surface area contributed by atoms with E-state index in [1.165, 1.54) is 19.2 Å². The van der Waals surface area contributed by atoms with Gasteiger partial charge in [-0.05, 0) is 29.7 Å². The van der Waals surface area contributed by atoms with Crippen LogP contribution in [0.4, 0.5) is 4.39 Å². The van der Waals surface area contributed by atoms with Gasteiger partial charge in [-0.25, -0.2) is 4.39 Å². The summed E-state index contributed by atoms with van der Waals surface area (Å²) < 4.78 is 23.6. The highest BCUT2D eigenvalue weighted by atomic mass is 19.1. The van der Waals surface area contributed by atoms with Crippen molar-refractivity contribution in [1.82, 2.24) is 0 Å². The molecule has 0 unspecified atom stereocenters. The summed E-state index contributed by atoms with van der Waals surface area (Å²) in [7, 11) is 1.36. The molecule has 0 saturated heterocycles. The minimum atomic E-state index is -0.335. The zero-order chi connectivity index (χ0) is 15.2. The summed E-state index contributed by atoms with van der Waals surface area (Å²) in [5, 5.41) is 0. The van der Waals surface area contributed by atoms with Gasteiger partial charge in [0.1, 0.15) is 18.2 Å². The van der Waals surface area contributed by atoms with Crippen molar-refractivity contribution in [2.24, 2.45) is 0 Å². The number of esters is 1. The van der Waals surface area contributed by atoms with E-state index in [2.05, 4.69) is 4.74 Å². The van der Waals surface area contributed by atoms with Gasteiger partial charge in [0.15, 0.2) is 0 Å². The lowest BCUT2D eigenvalue weighted by atomic mass is 10.1. The first-order valence-electron chi connectivity index (χ1n) is 6.62. The SMILES string of the molecule is COC(=O)Cc1ccccc1COc1cc(F)ccc1C. The Morgan fingerprint density at radius 1 is 1.14 bits per heavy atom. The highest BCUT2D eigenvalue weighted by molar-refractivity contribution is 5.72. The van der Waals surface area contributed by atoms with E-state index in [9.17, 15) is 9.18 Å². The van der Waals surface area contributed by atoms with Gasteiger partial charge in [0.2, 0.25) is 0 Å². The molecule has 0 bridgehead atoms. The number of rotatable bonds is 5. The average molecular weight is 288 g/mol. The number of hydrogen-bond donors (Lipinski definition) is 0. The molecule has 4 heteroatoms. The molecule has 2 aromatic rings. The van der Waals surface area contributed by atoms with Crippen LogP contribution >= 0.6 is 0 Å². The molecule has 21 heavy (non-hydrogen) atoms. The minimum Gasteiger partial charge on any atom is -0.489 e. The highest BCUT2D eigenvalue weighted by Crippen LogP contribution is 2.21. The summed E-state index contributed by atoms with van der Waals surface area (Å²) in [6.07, 6.45) is 0.193. The second-order valence-electron chi connectivity index (χ2n) is 4.72. The van der Waals surface area contributed by atoms with E-state index < -0.39 is 0 Å². The van der Waals surface area contributed by atoms with E-state index >= 15 is 0 Å². The van der Waals surface area contributed by atoms with Crippen molar-refractivity contribution in [1.29, 1.82) is 0 Å². The predicted octanol–water partition coefficient (Wildman–Crippen LogP) is 3.43. The standard InChI is InChI=1S/C17H17FO3/c1-12-7-8-15(18)10-16(12)21-11-14-6-4-3-5-13(14)9-17(19)20-2/h3-8,10H,9,11H2,1-2H3. The Morgan fingerprint density at radius 3 is 2.57 bits per heavy atom. The summed E-state index contributed by atoms with van der Waals surface area (Å²) in [5.41, 5.74) is 2.59. The van der Waals surface area contributed by atoms with Gasteiger partial charge in [-0.3, -0.25) is 4.79 Å². The Balaban J connectivity index is 2.13. The first-order chi connectivity index (χ1) is 10.1. The molecule has 2 rings (SSSR count). The third-order valence-electron chi connectivity index (χ3n) is 3.21.